The summed E-state index contributed by atoms with van der Waals surface area (Å²) in [6.07, 6.45) is 0. The predicted molar refractivity (Wildman–Crippen MR) is 46.8 cm³/mol. The SMILES string of the molecule is OC1=C(c2ccccc2)S[N]O1. The number of hydrogen-bond donors (Lipinski definition) is 1. The zero-order valence-electron chi connectivity index (χ0n) is 6.10. The van der Waals surface area contributed by atoms with E-state index in [1.54, 1.807) is 0 Å². The highest BCUT2D eigenvalue weighted by atomic mass is 32.2. The number of nitrogens with zero attached hydrogens (tertiary/aromatic N) is 1. The average Bonchev–Trinajstić information content (AvgIpc) is 2.53. The van der Waals surface area contributed by atoms with E-state index in [-0.39, 0.29) is 5.95 Å². The zero-order valence-corrected chi connectivity index (χ0v) is 6.91. The van der Waals surface area contributed by atoms with E-state index in [0.29, 0.717) is 4.91 Å². The van der Waals surface area contributed by atoms with Crippen LogP contribution in [0, 0.1) is 0 Å². The van der Waals surface area contributed by atoms with Crippen molar-refractivity contribution in [2.24, 2.45) is 0 Å². The van der Waals surface area contributed by atoms with E-state index < -0.39 is 0 Å². The molecule has 0 aromatic heterocycles. The van der Waals surface area contributed by atoms with Gasteiger partial charge >= 0.3 is 5.95 Å². The number of hydrogen-bond acceptors (Lipinski definition) is 3. The van der Waals surface area contributed by atoms with Gasteiger partial charge in [-0.2, -0.15) is 0 Å². The van der Waals surface area contributed by atoms with E-state index in [2.05, 4.69) is 9.72 Å². The molecule has 0 fully saturated rings. The third-order valence-electron chi connectivity index (χ3n) is 1.48. The lowest BCUT2D eigenvalue weighted by Gasteiger charge is -1.95. The van der Waals surface area contributed by atoms with Crippen LogP contribution in [0.5, 0.6) is 0 Å². The van der Waals surface area contributed by atoms with Crippen LogP contribution in [0.3, 0.4) is 0 Å². The first-order valence-corrected chi connectivity index (χ1v) is 4.18. The second-order valence-electron chi connectivity index (χ2n) is 2.26. The first-order chi connectivity index (χ1) is 5.88. The molecule has 0 amide bonds. The fraction of sp³-hybridized carbons (Fsp3) is 0. The van der Waals surface area contributed by atoms with Gasteiger partial charge in [-0.1, -0.05) is 30.3 Å². The molecule has 1 N–H and O–H groups in total. The minimum atomic E-state index is -0.119. The lowest BCUT2D eigenvalue weighted by molar-refractivity contribution is 0.0731. The van der Waals surface area contributed by atoms with Gasteiger partial charge in [0.15, 0.2) is 0 Å². The van der Waals surface area contributed by atoms with Gasteiger partial charge in [0.25, 0.3) is 0 Å². The summed E-state index contributed by atoms with van der Waals surface area (Å²) >= 11 is 1.14. The molecule has 0 spiro atoms. The zero-order chi connectivity index (χ0) is 8.39. The van der Waals surface area contributed by atoms with E-state index in [1.165, 1.54) is 0 Å². The van der Waals surface area contributed by atoms with E-state index in [4.69, 9.17) is 0 Å². The summed E-state index contributed by atoms with van der Waals surface area (Å²) in [7, 11) is 0. The molecule has 0 saturated heterocycles. The van der Waals surface area contributed by atoms with Gasteiger partial charge in [0.2, 0.25) is 0 Å². The van der Waals surface area contributed by atoms with Crippen LogP contribution in [-0.2, 0) is 4.84 Å². The maximum absolute atomic E-state index is 9.19. The number of aliphatic hydroxyl groups is 1. The van der Waals surface area contributed by atoms with Crippen molar-refractivity contribution >= 4 is 16.9 Å². The number of aliphatic hydroxyl groups excluding tert-OH is 1. The van der Waals surface area contributed by atoms with Gasteiger partial charge in [0.1, 0.15) is 4.91 Å². The third-order valence-corrected chi connectivity index (χ3v) is 2.22. The Hall–Kier alpha value is -1.13. The molecule has 2 rings (SSSR count). The van der Waals surface area contributed by atoms with Crippen molar-refractivity contribution in [2.75, 3.05) is 0 Å². The van der Waals surface area contributed by atoms with Crippen LogP contribution in [0.4, 0.5) is 0 Å². The summed E-state index contributed by atoms with van der Waals surface area (Å²) in [5.74, 6) is -0.119. The van der Waals surface area contributed by atoms with E-state index in [1.807, 2.05) is 30.3 Å². The third kappa shape index (κ3) is 1.26. The van der Waals surface area contributed by atoms with Crippen LogP contribution in [0.25, 0.3) is 4.91 Å². The highest BCUT2D eigenvalue weighted by Crippen LogP contribution is 2.33. The quantitative estimate of drug-likeness (QED) is 0.673. The Kier molecular flexibility index (Phi) is 1.93. The molecule has 0 aliphatic carbocycles. The fourth-order valence-corrected chi connectivity index (χ4v) is 1.48. The van der Waals surface area contributed by atoms with Gasteiger partial charge in [-0.25, -0.2) is 0 Å². The Morgan fingerprint density at radius 2 is 2.00 bits per heavy atom. The molecular weight excluding hydrogens is 174 g/mol. The highest BCUT2D eigenvalue weighted by molar-refractivity contribution is 8.06. The van der Waals surface area contributed by atoms with Gasteiger partial charge in [-0.15, -0.1) is 0 Å². The van der Waals surface area contributed by atoms with Crippen LogP contribution in [0.15, 0.2) is 36.3 Å². The highest BCUT2D eigenvalue weighted by Gasteiger charge is 2.19. The van der Waals surface area contributed by atoms with Crippen LogP contribution in [0.1, 0.15) is 5.56 Å². The van der Waals surface area contributed by atoms with E-state index >= 15 is 0 Å². The van der Waals surface area contributed by atoms with Crippen molar-refractivity contribution in [3.8, 4) is 0 Å². The van der Waals surface area contributed by atoms with Gasteiger partial charge < -0.3 is 9.94 Å². The van der Waals surface area contributed by atoms with E-state index in [0.717, 1.165) is 17.5 Å². The second kappa shape index (κ2) is 3.08. The normalized spacial score (nSPS) is 16.3. The molecule has 0 unspecified atom stereocenters. The van der Waals surface area contributed by atoms with E-state index in [9.17, 15) is 5.11 Å². The molecule has 1 aromatic rings. The minimum absolute atomic E-state index is 0.119. The molecule has 12 heavy (non-hydrogen) atoms. The Balaban J connectivity index is 2.37. The summed E-state index contributed by atoms with van der Waals surface area (Å²) < 4.78 is 0. The lowest BCUT2D eigenvalue weighted by Crippen LogP contribution is -1.86. The van der Waals surface area contributed by atoms with Crippen LogP contribution in [0.2, 0.25) is 0 Å². The Bertz CT molecular complexity index is 310. The molecule has 1 radical (unpaired) electrons. The summed E-state index contributed by atoms with van der Waals surface area (Å²) in [4.78, 5) is 8.72. The van der Waals surface area contributed by atoms with Crippen molar-refractivity contribution in [2.45, 2.75) is 0 Å². The molecule has 1 aromatic carbocycles. The van der Waals surface area contributed by atoms with Crippen molar-refractivity contribution in [1.29, 1.82) is 0 Å². The molecule has 61 valence electrons. The van der Waals surface area contributed by atoms with Crippen molar-refractivity contribution in [1.82, 2.24) is 4.89 Å². The van der Waals surface area contributed by atoms with Crippen LogP contribution < -0.4 is 4.89 Å². The molecular formula is C8H6NO2S. The lowest BCUT2D eigenvalue weighted by atomic mass is 10.2. The molecule has 1 aliphatic rings. The van der Waals surface area contributed by atoms with Crippen molar-refractivity contribution < 1.29 is 9.94 Å². The van der Waals surface area contributed by atoms with Crippen molar-refractivity contribution in [3.63, 3.8) is 0 Å². The second-order valence-corrected chi connectivity index (χ2v) is 3.00. The van der Waals surface area contributed by atoms with Crippen molar-refractivity contribution in [3.05, 3.63) is 41.8 Å². The smallest absolute Gasteiger partial charge is 0.316 e. The largest absolute Gasteiger partial charge is 0.479 e. The molecule has 0 bridgehead atoms. The van der Waals surface area contributed by atoms with Gasteiger partial charge in [-0.3, -0.25) is 0 Å². The summed E-state index contributed by atoms with van der Waals surface area (Å²) in [5.41, 5.74) is 0.918. The molecule has 4 heteroatoms. The molecule has 3 nitrogen and oxygen atoms in total. The molecule has 1 heterocycles. The summed E-state index contributed by atoms with van der Waals surface area (Å²) in [6, 6.07) is 9.49. The monoisotopic (exact) mass is 180 g/mol. The predicted octanol–water partition coefficient (Wildman–Crippen LogP) is 2.07. The number of rotatable bonds is 1. The fourth-order valence-electron chi connectivity index (χ4n) is 0.937. The number of benzene rings is 1. The minimum Gasteiger partial charge on any atom is -0.479 e. The summed E-state index contributed by atoms with van der Waals surface area (Å²) in [6.45, 7) is 0. The summed E-state index contributed by atoms with van der Waals surface area (Å²) in [5, 5.41) is 9.19. The maximum Gasteiger partial charge on any atom is 0.316 e. The Morgan fingerprint density at radius 3 is 2.58 bits per heavy atom. The van der Waals surface area contributed by atoms with Gasteiger partial charge in [0.05, 0.1) is 0 Å². The Morgan fingerprint density at radius 1 is 1.25 bits per heavy atom. The first-order valence-electron chi connectivity index (χ1n) is 3.41. The topological polar surface area (TPSA) is 43.6 Å². The van der Waals surface area contributed by atoms with Gasteiger partial charge in [-0.05, 0) is 5.56 Å². The Labute approximate surface area is 74.1 Å². The molecule has 0 saturated carbocycles. The van der Waals surface area contributed by atoms with Gasteiger partial charge in [0, 0.05) is 16.8 Å². The first kappa shape index (κ1) is 7.52. The van der Waals surface area contributed by atoms with Crippen LogP contribution in [-0.4, -0.2) is 5.11 Å². The molecule has 1 aliphatic heterocycles. The average molecular weight is 180 g/mol. The standard InChI is InChI=1S/C8H6NO2S/c10-8-7(12-9-11-8)6-4-2-1-3-5-6/h1-5,10H. The van der Waals surface area contributed by atoms with Crippen LogP contribution >= 0.6 is 11.9 Å². The maximum atomic E-state index is 9.19. The molecule has 0 atom stereocenters.